The molecule has 1 unspecified atom stereocenters. The normalized spacial score (nSPS) is 12.0. The van der Waals surface area contributed by atoms with Crippen LogP contribution >= 0.6 is 23.2 Å². The molecule has 0 spiro atoms. The smallest absolute Gasteiger partial charge is 0.242 e. The molecular formula is C28H31Cl2N3O4S. The zero-order valence-corrected chi connectivity index (χ0v) is 23.6. The Kier molecular flexibility index (Phi) is 10.6. The number of anilines is 1. The molecular weight excluding hydrogens is 545 g/mol. The zero-order chi connectivity index (χ0) is 27.7. The van der Waals surface area contributed by atoms with Crippen LogP contribution < -0.4 is 9.62 Å². The number of hydrogen-bond acceptors (Lipinski definition) is 4. The average molecular weight is 577 g/mol. The highest BCUT2D eigenvalue weighted by atomic mass is 35.5. The number of likely N-dealkylation sites (N-methyl/N-ethyl adjacent to an activating group) is 1. The summed E-state index contributed by atoms with van der Waals surface area (Å²) in [6.45, 7) is 0.258. The third-order valence-electron chi connectivity index (χ3n) is 6.04. The molecule has 7 nitrogen and oxygen atoms in total. The van der Waals surface area contributed by atoms with Gasteiger partial charge in [0.2, 0.25) is 21.8 Å². The van der Waals surface area contributed by atoms with Crippen LogP contribution in [0.3, 0.4) is 0 Å². The monoisotopic (exact) mass is 575 g/mol. The van der Waals surface area contributed by atoms with Gasteiger partial charge in [-0.1, -0.05) is 83.9 Å². The van der Waals surface area contributed by atoms with Crippen molar-refractivity contribution in [3.8, 4) is 0 Å². The Morgan fingerprint density at radius 2 is 1.53 bits per heavy atom. The minimum absolute atomic E-state index is 0.0210. The van der Waals surface area contributed by atoms with Gasteiger partial charge in [0.25, 0.3) is 0 Å². The first-order valence-corrected chi connectivity index (χ1v) is 14.7. The van der Waals surface area contributed by atoms with Gasteiger partial charge >= 0.3 is 0 Å². The van der Waals surface area contributed by atoms with Crippen LogP contribution in [0.2, 0.25) is 10.0 Å². The van der Waals surface area contributed by atoms with Crippen LogP contribution in [0.5, 0.6) is 0 Å². The van der Waals surface area contributed by atoms with E-state index in [2.05, 4.69) is 5.32 Å². The Morgan fingerprint density at radius 3 is 2.11 bits per heavy atom. The summed E-state index contributed by atoms with van der Waals surface area (Å²) in [7, 11) is -2.15. The van der Waals surface area contributed by atoms with E-state index in [9.17, 15) is 18.0 Å². The molecule has 0 fully saturated rings. The number of amides is 2. The Hall–Kier alpha value is -3.07. The molecule has 0 aliphatic rings. The summed E-state index contributed by atoms with van der Waals surface area (Å²) >= 11 is 12.3. The van der Waals surface area contributed by atoms with Gasteiger partial charge in [0.15, 0.2) is 0 Å². The summed E-state index contributed by atoms with van der Waals surface area (Å²) in [4.78, 5) is 28.2. The Morgan fingerprint density at radius 1 is 0.921 bits per heavy atom. The fraction of sp³-hybridized carbons (Fsp3) is 0.286. The molecule has 3 aromatic carbocycles. The lowest BCUT2D eigenvalue weighted by atomic mass is 10.0. The van der Waals surface area contributed by atoms with Crippen molar-refractivity contribution < 1.29 is 18.0 Å². The van der Waals surface area contributed by atoms with Crippen molar-refractivity contribution in [1.82, 2.24) is 10.2 Å². The van der Waals surface area contributed by atoms with Gasteiger partial charge in [-0.25, -0.2) is 8.42 Å². The molecule has 0 aromatic heterocycles. The molecule has 0 aliphatic carbocycles. The first-order valence-electron chi connectivity index (χ1n) is 12.1. The van der Waals surface area contributed by atoms with E-state index >= 15 is 0 Å². The number of nitrogens with zero attached hydrogens (tertiary/aromatic N) is 2. The molecule has 0 bridgehead atoms. The number of benzene rings is 3. The number of halogens is 2. The lowest BCUT2D eigenvalue weighted by Crippen LogP contribution is -2.49. The van der Waals surface area contributed by atoms with E-state index in [-0.39, 0.29) is 48.5 Å². The number of carbonyl (C=O) groups excluding carboxylic acids is 2. The van der Waals surface area contributed by atoms with Crippen LogP contribution in [0.4, 0.5) is 5.69 Å². The van der Waals surface area contributed by atoms with Gasteiger partial charge in [0.05, 0.1) is 17.0 Å². The van der Waals surface area contributed by atoms with Gasteiger partial charge in [-0.2, -0.15) is 0 Å². The van der Waals surface area contributed by atoms with Gasteiger partial charge in [0.1, 0.15) is 6.04 Å². The maximum atomic E-state index is 13.6. The van der Waals surface area contributed by atoms with Gasteiger partial charge in [-0.3, -0.25) is 13.9 Å². The highest BCUT2D eigenvalue weighted by Crippen LogP contribution is 2.31. The maximum Gasteiger partial charge on any atom is 0.242 e. The number of sulfonamides is 1. The van der Waals surface area contributed by atoms with E-state index in [1.807, 2.05) is 60.7 Å². The third kappa shape index (κ3) is 8.21. The highest BCUT2D eigenvalue weighted by Gasteiger charge is 2.30. The van der Waals surface area contributed by atoms with Gasteiger partial charge < -0.3 is 10.2 Å². The quantitative estimate of drug-likeness (QED) is 0.332. The van der Waals surface area contributed by atoms with Crippen molar-refractivity contribution in [2.45, 2.75) is 31.8 Å². The Bertz CT molecular complexity index is 1340. The topological polar surface area (TPSA) is 86.8 Å². The molecule has 1 atom stereocenters. The lowest BCUT2D eigenvalue weighted by molar-refractivity contribution is -0.141. The van der Waals surface area contributed by atoms with Crippen LogP contribution in [-0.4, -0.2) is 51.0 Å². The maximum absolute atomic E-state index is 13.6. The average Bonchev–Trinajstić information content (AvgIpc) is 2.90. The number of rotatable bonds is 12. The molecule has 202 valence electrons. The fourth-order valence-electron chi connectivity index (χ4n) is 4.16. The Balaban J connectivity index is 1.84. The predicted octanol–water partition coefficient (Wildman–Crippen LogP) is 4.93. The van der Waals surface area contributed by atoms with Crippen LogP contribution in [-0.2, 0) is 32.6 Å². The number of hydrogen-bond donors (Lipinski definition) is 1. The lowest BCUT2D eigenvalue weighted by Gasteiger charge is -2.31. The number of carbonyl (C=O) groups is 2. The summed E-state index contributed by atoms with van der Waals surface area (Å²) < 4.78 is 26.3. The number of nitrogens with one attached hydrogen (secondary N) is 1. The van der Waals surface area contributed by atoms with E-state index in [4.69, 9.17) is 23.2 Å². The van der Waals surface area contributed by atoms with E-state index < -0.39 is 16.1 Å². The molecule has 2 amide bonds. The van der Waals surface area contributed by atoms with E-state index in [1.54, 1.807) is 18.0 Å². The minimum atomic E-state index is -3.70. The summed E-state index contributed by atoms with van der Waals surface area (Å²) in [6.07, 6.45) is 1.66. The summed E-state index contributed by atoms with van der Waals surface area (Å²) in [5, 5.41) is 3.27. The summed E-state index contributed by atoms with van der Waals surface area (Å²) in [6, 6.07) is 22.8. The molecule has 0 saturated carbocycles. The first-order chi connectivity index (χ1) is 18.1. The molecule has 0 radical (unpaired) electrons. The highest BCUT2D eigenvalue weighted by molar-refractivity contribution is 7.92. The van der Waals surface area contributed by atoms with Crippen molar-refractivity contribution in [3.63, 3.8) is 0 Å². The second-order valence-corrected chi connectivity index (χ2v) is 11.6. The SMILES string of the molecule is CNC(=O)C(Cc1ccccc1)N(Cc1ccccc1)C(=O)CCCN(c1cc(Cl)ccc1Cl)S(C)(=O)=O. The molecule has 3 rings (SSSR count). The van der Waals surface area contributed by atoms with Crippen molar-refractivity contribution in [3.05, 3.63) is 100 Å². The summed E-state index contributed by atoms with van der Waals surface area (Å²) in [5.41, 5.74) is 2.06. The first kappa shape index (κ1) is 29.5. The van der Waals surface area contributed by atoms with Crippen LogP contribution in [0, 0.1) is 0 Å². The Labute approximate surface area is 234 Å². The van der Waals surface area contributed by atoms with Gasteiger partial charge in [0, 0.05) is 38.0 Å². The standard InChI is InChI=1S/C28H31Cl2N3O4S/c1-31-28(35)26(18-21-10-5-3-6-11-21)32(20-22-12-7-4-8-13-22)27(34)14-9-17-33(38(2,36)37)25-19-23(29)15-16-24(25)30/h3-8,10-13,15-16,19,26H,9,14,17-18,20H2,1-2H3,(H,31,35). The molecule has 0 saturated heterocycles. The van der Waals surface area contributed by atoms with E-state index in [0.717, 1.165) is 21.7 Å². The van der Waals surface area contributed by atoms with Crippen LogP contribution in [0.25, 0.3) is 0 Å². The van der Waals surface area contributed by atoms with Gasteiger partial charge in [-0.05, 0) is 35.7 Å². The summed E-state index contributed by atoms with van der Waals surface area (Å²) in [5.74, 6) is -0.536. The van der Waals surface area contributed by atoms with E-state index in [0.29, 0.717) is 11.4 Å². The molecule has 0 heterocycles. The molecule has 0 aliphatic heterocycles. The molecule has 1 N–H and O–H groups in total. The van der Waals surface area contributed by atoms with Crippen molar-refractivity contribution in [2.24, 2.45) is 0 Å². The second-order valence-electron chi connectivity index (χ2n) is 8.86. The zero-order valence-electron chi connectivity index (χ0n) is 21.3. The molecule has 10 heteroatoms. The molecule has 38 heavy (non-hydrogen) atoms. The van der Waals surface area contributed by atoms with E-state index in [1.165, 1.54) is 12.1 Å². The molecule has 3 aromatic rings. The largest absolute Gasteiger partial charge is 0.357 e. The van der Waals surface area contributed by atoms with Crippen molar-refractivity contribution in [2.75, 3.05) is 24.2 Å². The van der Waals surface area contributed by atoms with Crippen molar-refractivity contribution >= 4 is 50.7 Å². The third-order valence-corrected chi connectivity index (χ3v) is 7.78. The van der Waals surface area contributed by atoms with Crippen LogP contribution in [0.15, 0.2) is 78.9 Å². The van der Waals surface area contributed by atoms with Crippen molar-refractivity contribution in [1.29, 1.82) is 0 Å². The fourth-order valence-corrected chi connectivity index (χ4v) is 5.57. The van der Waals surface area contributed by atoms with Crippen LogP contribution in [0.1, 0.15) is 24.0 Å². The second kappa shape index (κ2) is 13.6. The predicted molar refractivity (Wildman–Crippen MR) is 153 cm³/mol. The van der Waals surface area contributed by atoms with Gasteiger partial charge in [-0.15, -0.1) is 0 Å². The minimum Gasteiger partial charge on any atom is -0.357 e.